The highest BCUT2D eigenvalue weighted by Gasteiger charge is 2.35. The van der Waals surface area contributed by atoms with Crippen molar-refractivity contribution in [1.82, 2.24) is 10.2 Å². The lowest BCUT2D eigenvalue weighted by atomic mass is 9.95. The van der Waals surface area contributed by atoms with Crippen LogP contribution < -0.4 is 5.32 Å². The second-order valence-electron chi connectivity index (χ2n) is 4.90. The molecule has 0 unspecified atom stereocenters. The van der Waals surface area contributed by atoms with E-state index in [1.54, 1.807) is 38.1 Å². The molecule has 2 amide bonds. The van der Waals surface area contributed by atoms with Gasteiger partial charge in [-0.2, -0.15) is 0 Å². The van der Waals surface area contributed by atoms with Crippen LogP contribution in [0.25, 0.3) is 0 Å². The molecule has 1 aliphatic heterocycles. The Kier molecular flexibility index (Phi) is 5.08. The smallest absolute Gasteiger partial charge is 0.338 e. The van der Waals surface area contributed by atoms with Gasteiger partial charge in [0.25, 0.3) is 0 Å². The summed E-state index contributed by atoms with van der Waals surface area (Å²) >= 11 is 5.90. The number of esters is 1. The standard InChI is InChI=1S/C16H19ClN2O3/c1-4-19-10(3)13(15(20)22-5-2)14(18-16(19)21)11-6-8-12(17)9-7-11/h6-9,14H,4-5H2,1-3H3,(H,18,21)/t14-/m1/s1. The number of hydrogen-bond donors (Lipinski definition) is 1. The van der Waals surface area contributed by atoms with Crippen LogP contribution in [0.1, 0.15) is 32.4 Å². The molecule has 0 spiro atoms. The zero-order chi connectivity index (χ0) is 16.3. The molecule has 0 bridgehead atoms. The summed E-state index contributed by atoms with van der Waals surface area (Å²) in [5.41, 5.74) is 1.85. The maximum absolute atomic E-state index is 12.3. The van der Waals surface area contributed by atoms with Gasteiger partial charge in [-0.3, -0.25) is 4.90 Å². The Morgan fingerprint density at radius 1 is 1.32 bits per heavy atom. The first-order valence-corrected chi connectivity index (χ1v) is 7.58. The van der Waals surface area contributed by atoms with E-state index in [4.69, 9.17) is 16.3 Å². The zero-order valence-corrected chi connectivity index (χ0v) is 13.6. The second-order valence-corrected chi connectivity index (χ2v) is 5.33. The Morgan fingerprint density at radius 3 is 2.50 bits per heavy atom. The SMILES string of the molecule is CCOC(=O)C1=C(C)N(CC)C(=O)N[C@@H]1c1ccc(Cl)cc1. The minimum Gasteiger partial charge on any atom is -0.463 e. The van der Waals surface area contributed by atoms with Crippen LogP contribution in [0.2, 0.25) is 5.02 Å². The lowest BCUT2D eigenvalue weighted by Gasteiger charge is -2.34. The van der Waals surface area contributed by atoms with Crippen LogP contribution in [0.15, 0.2) is 35.5 Å². The number of allylic oxidation sites excluding steroid dienone is 1. The number of urea groups is 1. The highest BCUT2D eigenvalue weighted by atomic mass is 35.5. The number of nitrogens with zero attached hydrogens (tertiary/aromatic N) is 1. The van der Waals surface area contributed by atoms with Gasteiger partial charge >= 0.3 is 12.0 Å². The molecule has 22 heavy (non-hydrogen) atoms. The fourth-order valence-electron chi connectivity index (χ4n) is 2.54. The van der Waals surface area contributed by atoms with Crippen LogP contribution in [0.5, 0.6) is 0 Å². The number of halogens is 1. The van der Waals surface area contributed by atoms with Gasteiger partial charge in [-0.1, -0.05) is 23.7 Å². The molecular formula is C16H19ClN2O3. The van der Waals surface area contributed by atoms with Gasteiger partial charge in [0.1, 0.15) is 0 Å². The van der Waals surface area contributed by atoms with Crippen LogP contribution in [-0.2, 0) is 9.53 Å². The maximum Gasteiger partial charge on any atom is 0.338 e. The molecule has 0 fully saturated rings. The van der Waals surface area contributed by atoms with Crippen LogP contribution in [0.4, 0.5) is 4.79 Å². The van der Waals surface area contributed by atoms with Gasteiger partial charge in [0.15, 0.2) is 0 Å². The van der Waals surface area contributed by atoms with E-state index in [-0.39, 0.29) is 12.6 Å². The van der Waals surface area contributed by atoms with Crippen LogP contribution in [-0.4, -0.2) is 30.1 Å². The Labute approximate surface area is 134 Å². The van der Waals surface area contributed by atoms with Gasteiger partial charge in [0.05, 0.1) is 18.2 Å². The quantitative estimate of drug-likeness (QED) is 0.866. The zero-order valence-electron chi connectivity index (χ0n) is 12.9. The normalized spacial score (nSPS) is 18.3. The highest BCUT2D eigenvalue weighted by Crippen LogP contribution is 2.31. The van der Waals surface area contributed by atoms with Crippen LogP contribution >= 0.6 is 11.6 Å². The number of hydrogen-bond acceptors (Lipinski definition) is 3. The van der Waals surface area contributed by atoms with E-state index in [2.05, 4.69) is 5.32 Å². The monoisotopic (exact) mass is 322 g/mol. The summed E-state index contributed by atoms with van der Waals surface area (Å²) in [4.78, 5) is 26.1. The number of nitrogens with one attached hydrogen (secondary N) is 1. The number of carbonyl (C=O) groups is 2. The molecule has 6 heteroatoms. The maximum atomic E-state index is 12.3. The molecule has 1 aromatic carbocycles. The average molecular weight is 323 g/mol. The Bertz CT molecular complexity index is 610. The number of benzene rings is 1. The molecular weight excluding hydrogens is 304 g/mol. The van der Waals surface area contributed by atoms with Crippen molar-refractivity contribution in [3.8, 4) is 0 Å². The van der Waals surface area contributed by atoms with Gasteiger partial charge in [0.2, 0.25) is 0 Å². The Hall–Kier alpha value is -2.01. The predicted molar refractivity (Wildman–Crippen MR) is 84.4 cm³/mol. The third kappa shape index (κ3) is 3.09. The summed E-state index contributed by atoms with van der Waals surface area (Å²) < 4.78 is 5.15. The number of carbonyl (C=O) groups excluding carboxylic acids is 2. The summed E-state index contributed by atoms with van der Waals surface area (Å²) in [7, 11) is 0. The van der Waals surface area contributed by atoms with E-state index < -0.39 is 12.0 Å². The summed E-state index contributed by atoms with van der Waals surface area (Å²) in [6, 6.07) is 6.28. The minimum absolute atomic E-state index is 0.229. The van der Waals surface area contributed by atoms with Gasteiger partial charge in [0, 0.05) is 17.3 Å². The first-order valence-electron chi connectivity index (χ1n) is 7.21. The molecule has 0 saturated carbocycles. The summed E-state index contributed by atoms with van der Waals surface area (Å²) in [6.07, 6.45) is 0. The molecule has 0 aliphatic carbocycles. The molecule has 2 rings (SSSR count). The fraction of sp³-hybridized carbons (Fsp3) is 0.375. The lowest BCUT2D eigenvalue weighted by molar-refractivity contribution is -0.139. The Morgan fingerprint density at radius 2 is 1.95 bits per heavy atom. The molecule has 1 aliphatic rings. The van der Waals surface area contributed by atoms with Crippen molar-refractivity contribution in [3.63, 3.8) is 0 Å². The molecule has 5 nitrogen and oxygen atoms in total. The van der Waals surface area contributed by atoms with Gasteiger partial charge < -0.3 is 10.1 Å². The topological polar surface area (TPSA) is 58.6 Å². The summed E-state index contributed by atoms with van der Waals surface area (Å²) in [5.74, 6) is -0.418. The Balaban J connectivity index is 2.50. The average Bonchev–Trinajstić information content (AvgIpc) is 2.48. The third-order valence-electron chi connectivity index (χ3n) is 3.61. The van der Waals surface area contributed by atoms with Gasteiger partial charge in [-0.25, -0.2) is 9.59 Å². The number of rotatable bonds is 4. The number of ether oxygens (including phenoxy) is 1. The van der Waals surface area contributed by atoms with Crippen molar-refractivity contribution in [1.29, 1.82) is 0 Å². The highest BCUT2D eigenvalue weighted by molar-refractivity contribution is 6.30. The molecule has 0 saturated heterocycles. The van der Waals surface area contributed by atoms with E-state index in [0.29, 0.717) is 22.8 Å². The summed E-state index contributed by atoms with van der Waals surface area (Å²) in [6.45, 7) is 6.13. The molecule has 1 aromatic rings. The van der Waals surface area contributed by atoms with Crippen molar-refractivity contribution in [3.05, 3.63) is 46.1 Å². The van der Waals surface area contributed by atoms with Crippen LogP contribution in [0.3, 0.4) is 0 Å². The van der Waals surface area contributed by atoms with Crippen molar-refractivity contribution in [2.24, 2.45) is 0 Å². The largest absolute Gasteiger partial charge is 0.463 e. The summed E-state index contributed by atoms with van der Waals surface area (Å²) in [5, 5.41) is 3.45. The van der Waals surface area contributed by atoms with Crippen molar-refractivity contribution >= 4 is 23.6 Å². The first-order chi connectivity index (χ1) is 10.5. The van der Waals surface area contributed by atoms with E-state index in [1.165, 1.54) is 4.90 Å². The van der Waals surface area contributed by atoms with E-state index >= 15 is 0 Å². The number of amides is 2. The molecule has 118 valence electrons. The van der Waals surface area contributed by atoms with Crippen LogP contribution in [0, 0.1) is 0 Å². The minimum atomic E-state index is -0.536. The molecule has 0 radical (unpaired) electrons. The first kappa shape index (κ1) is 16.4. The van der Waals surface area contributed by atoms with Crippen molar-refractivity contribution in [2.75, 3.05) is 13.2 Å². The molecule has 1 atom stereocenters. The lowest BCUT2D eigenvalue weighted by Crippen LogP contribution is -2.47. The third-order valence-corrected chi connectivity index (χ3v) is 3.86. The van der Waals surface area contributed by atoms with Crippen molar-refractivity contribution in [2.45, 2.75) is 26.8 Å². The second kappa shape index (κ2) is 6.83. The van der Waals surface area contributed by atoms with E-state index in [0.717, 1.165) is 5.56 Å². The van der Waals surface area contributed by atoms with Crippen molar-refractivity contribution < 1.29 is 14.3 Å². The van der Waals surface area contributed by atoms with Gasteiger partial charge in [-0.05, 0) is 38.5 Å². The van der Waals surface area contributed by atoms with E-state index in [9.17, 15) is 9.59 Å². The molecule has 1 N–H and O–H groups in total. The molecule has 0 aromatic heterocycles. The fourth-order valence-corrected chi connectivity index (χ4v) is 2.67. The predicted octanol–water partition coefficient (Wildman–Crippen LogP) is 3.26. The molecule has 1 heterocycles. The van der Waals surface area contributed by atoms with E-state index in [1.807, 2.05) is 6.92 Å². The van der Waals surface area contributed by atoms with Gasteiger partial charge in [-0.15, -0.1) is 0 Å².